The fourth-order valence-corrected chi connectivity index (χ4v) is 2.92. The highest BCUT2D eigenvalue weighted by Gasteiger charge is 2.15. The van der Waals surface area contributed by atoms with Gasteiger partial charge in [0.2, 0.25) is 5.89 Å². The van der Waals surface area contributed by atoms with Crippen molar-refractivity contribution in [3.05, 3.63) is 54.3 Å². The van der Waals surface area contributed by atoms with E-state index >= 15 is 0 Å². The van der Waals surface area contributed by atoms with Gasteiger partial charge in [-0.05, 0) is 31.0 Å². The SMILES string of the molecule is O=C(NCc1nnc(-c2cnccn2)o1)c1cccc(N2CCCC2)c1. The van der Waals surface area contributed by atoms with E-state index in [1.54, 1.807) is 24.7 Å². The van der Waals surface area contributed by atoms with E-state index in [0.29, 0.717) is 17.1 Å². The minimum Gasteiger partial charge on any atom is -0.417 e. The van der Waals surface area contributed by atoms with Gasteiger partial charge in [0.05, 0.1) is 12.7 Å². The van der Waals surface area contributed by atoms with Crippen LogP contribution in [-0.4, -0.2) is 39.2 Å². The lowest BCUT2D eigenvalue weighted by Gasteiger charge is -2.18. The van der Waals surface area contributed by atoms with Gasteiger partial charge < -0.3 is 14.6 Å². The highest BCUT2D eigenvalue weighted by Crippen LogP contribution is 2.21. The molecule has 0 bridgehead atoms. The summed E-state index contributed by atoms with van der Waals surface area (Å²) >= 11 is 0. The predicted octanol–water partition coefficient (Wildman–Crippen LogP) is 2.06. The third-order valence-corrected chi connectivity index (χ3v) is 4.23. The molecule has 0 unspecified atom stereocenters. The second-order valence-electron chi connectivity index (χ2n) is 6.02. The Morgan fingerprint density at radius 2 is 2.08 bits per heavy atom. The highest BCUT2D eigenvalue weighted by molar-refractivity contribution is 5.95. The van der Waals surface area contributed by atoms with E-state index in [0.717, 1.165) is 18.8 Å². The van der Waals surface area contributed by atoms with Crippen LogP contribution in [0.2, 0.25) is 0 Å². The van der Waals surface area contributed by atoms with E-state index in [1.807, 2.05) is 18.2 Å². The lowest BCUT2D eigenvalue weighted by atomic mass is 10.1. The quantitative estimate of drug-likeness (QED) is 0.752. The molecule has 1 aliphatic heterocycles. The number of hydrogen-bond acceptors (Lipinski definition) is 7. The number of nitrogens with zero attached hydrogens (tertiary/aromatic N) is 5. The van der Waals surface area contributed by atoms with Crippen molar-refractivity contribution in [2.75, 3.05) is 18.0 Å². The molecule has 3 aromatic rings. The van der Waals surface area contributed by atoms with E-state index in [2.05, 4.69) is 30.4 Å². The number of nitrogens with one attached hydrogen (secondary N) is 1. The van der Waals surface area contributed by atoms with Crippen molar-refractivity contribution < 1.29 is 9.21 Å². The second kappa shape index (κ2) is 7.30. The summed E-state index contributed by atoms with van der Waals surface area (Å²) in [6.07, 6.45) is 7.05. The molecule has 3 heterocycles. The molecule has 1 fully saturated rings. The first-order chi connectivity index (χ1) is 12.8. The van der Waals surface area contributed by atoms with E-state index in [-0.39, 0.29) is 18.3 Å². The van der Waals surface area contributed by atoms with Crippen molar-refractivity contribution >= 4 is 11.6 Å². The normalized spacial score (nSPS) is 13.8. The maximum absolute atomic E-state index is 12.4. The number of aromatic nitrogens is 4. The first-order valence-corrected chi connectivity index (χ1v) is 8.51. The minimum absolute atomic E-state index is 0.153. The van der Waals surface area contributed by atoms with Crippen LogP contribution in [0.4, 0.5) is 5.69 Å². The van der Waals surface area contributed by atoms with Gasteiger partial charge in [-0.15, -0.1) is 10.2 Å². The number of amides is 1. The number of hydrogen-bond donors (Lipinski definition) is 1. The molecule has 4 rings (SSSR count). The maximum Gasteiger partial charge on any atom is 0.267 e. The van der Waals surface area contributed by atoms with Crippen molar-refractivity contribution in [3.8, 4) is 11.6 Å². The summed E-state index contributed by atoms with van der Waals surface area (Å²) < 4.78 is 5.51. The topological polar surface area (TPSA) is 97.0 Å². The molecule has 1 aromatic carbocycles. The summed E-state index contributed by atoms with van der Waals surface area (Å²) in [5.74, 6) is 0.415. The van der Waals surface area contributed by atoms with Gasteiger partial charge in [-0.3, -0.25) is 9.78 Å². The Kier molecular flexibility index (Phi) is 4.55. The van der Waals surface area contributed by atoms with Crippen LogP contribution in [0, 0.1) is 0 Å². The molecular formula is C18H18N6O2. The zero-order chi connectivity index (χ0) is 17.8. The average molecular weight is 350 g/mol. The summed E-state index contributed by atoms with van der Waals surface area (Å²) in [7, 11) is 0. The first-order valence-electron chi connectivity index (χ1n) is 8.51. The van der Waals surface area contributed by atoms with Gasteiger partial charge in [0.15, 0.2) is 0 Å². The van der Waals surface area contributed by atoms with Crippen LogP contribution in [0.15, 0.2) is 47.3 Å². The fraction of sp³-hybridized carbons (Fsp3) is 0.278. The Labute approximate surface area is 150 Å². The van der Waals surface area contributed by atoms with E-state index in [9.17, 15) is 4.79 Å². The predicted molar refractivity (Wildman–Crippen MR) is 94.4 cm³/mol. The summed E-state index contributed by atoms with van der Waals surface area (Å²) in [5.41, 5.74) is 2.19. The number of carbonyl (C=O) groups is 1. The first kappa shape index (κ1) is 16.2. The zero-order valence-corrected chi connectivity index (χ0v) is 14.1. The summed E-state index contributed by atoms with van der Waals surface area (Å²) in [6, 6.07) is 7.65. The molecule has 132 valence electrons. The molecule has 1 N–H and O–H groups in total. The van der Waals surface area contributed by atoms with Crippen LogP contribution in [0.5, 0.6) is 0 Å². The number of carbonyl (C=O) groups excluding carboxylic acids is 1. The molecule has 8 nitrogen and oxygen atoms in total. The van der Waals surface area contributed by atoms with Crippen molar-refractivity contribution in [1.82, 2.24) is 25.5 Å². The Balaban J connectivity index is 1.40. The second-order valence-corrected chi connectivity index (χ2v) is 6.02. The molecule has 0 atom stereocenters. The maximum atomic E-state index is 12.4. The van der Waals surface area contributed by atoms with Crippen molar-refractivity contribution in [2.45, 2.75) is 19.4 Å². The van der Waals surface area contributed by atoms with Crippen LogP contribution in [0.25, 0.3) is 11.6 Å². The van der Waals surface area contributed by atoms with E-state index in [1.165, 1.54) is 12.8 Å². The largest absolute Gasteiger partial charge is 0.417 e. The van der Waals surface area contributed by atoms with Crippen molar-refractivity contribution in [1.29, 1.82) is 0 Å². The molecule has 1 saturated heterocycles. The number of anilines is 1. The molecule has 1 aliphatic rings. The van der Waals surface area contributed by atoms with Crippen LogP contribution < -0.4 is 10.2 Å². The molecule has 26 heavy (non-hydrogen) atoms. The monoisotopic (exact) mass is 350 g/mol. The summed E-state index contributed by atoms with van der Waals surface area (Å²) in [4.78, 5) is 22.8. The third-order valence-electron chi connectivity index (χ3n) is 4.23. The van der Waals surface area contributed by atoms with Gasteiger partial charge in [0.1, 0.15) is 5.69 Å². The van der Waals surface area contributed by atoms with Gasteiger partial charge in [0.25, 0.3) is 11.8 Å². The molecular weight excluding hydrogens is 332 g/mol. The lowest BCUT2D eigenvalue weighted by Crippen LogP contribution is -2.24. The number of benzene rings is 1. The average Bonchev–Trinajstić information content (AvgIpc) is 3.39. The van der Waals surface area contributed by atoms with Gasteiger partial charge in [-0.25, -0.2) is 4.98 Å². The molecule has 1 amide bonds. The Hall–Kier alpha value is -3.29. The number of rotatable bonds is 5. The Bertz CT molecular complexity index is 889. The highest BCUT2D eigenvalue weighted by atomic mass is 16.4. The van der Waals surface area contributed by atoms with Crippen molar-refractivity contribution in [3.63, 3.8) is 0 Å². The minimum atomic E-state index is -0.176. The summed E-state index contributed by atoms with van der Waals surface area (Å²) in [5, 5.41) is 10.7. The van der Waals surface area contributed by atoms with Gasteiger partial charge in [-0.2, -0.15) is 0 Å². The molecule has 2 aromatic heterocycles. The molecule has 0 spiro atoms. The lowest BCUT2D eigenvalue weighted by molar-refractivity contribution is 0.0947. The standard InChI is InChI=1S/C18H18N6O2/c25-17(13-4-3-5-14(10-13)24-8-1-2-9-24)21-12-16-22-23-18(26-16)15-11-19-6-7-20-15/h3-7,10-11H,1-2,8-9,12H2,(H,21,25). The Morgan fingerprint density at radius 3 is 2.88 bits per heavy atom. The van der Waals surface area contributed by atoms with Gasteiger partial charge in [-0.1, -0.05) is 6.07 Å². The smallest absolute Gasteiger partial charge is 0.267 e. The third kappa shape index (κ3) is 3.53. The van der Waals surface area contributed by atoms with Gasteiger partial charge in [0, 0.05) is 36.7 Å². The van der Waals surface area contributed by atoms with E-state index in [4.69, 9.17) is 4.42 Å². The van der Waals surface area contributed by atoms with Gasteiger partial charge >= 0.3 is 0 Å². The molecule has 0 radical (unpaired) electrons. The van der Waals surface area contributed by atoms with Crippen molar-refractivity contribution in [2.24, 2.45) is 0 Å². The van der Waals surface area contributed by atoms with E-state index < -0.39 is 0 Å². The molecule has 0 saturated carbocycles. The zero-order valence-electron chi connectivity index (χ0n) is 14.1. The summed E-state index contributed by atoms with van der Waals surface area (Å²) in [6.45, 7) is 2.23. The molecule has 8 heteroatoms. The fourth-order valence-electron chi connectivity index (χ4n) is 2.92. The Morgan fingerprint density at radius 1 is 1.19 bits per heavy atom. The van der Waals surface area contributed by atoms with Crippen LogP contribution >= 0.6 is 0 Å². The molecule has 0 aliphatic carbocycles. The van der Waals surface area contributed by atoms with Crippen LogP contribution in [-0.2, 0) is 6.54 Å². The van der Waals surface area contributed by atoms with Crippen LogP contribution in [0.3, 0.4) is 0 Å². The van der Waals surface area contributed by atoms with Crippen LogP contribution in [0.1, 0.15) is 29.1 Å².